The molecule has 1 fully saturated rings. The van der Waals surface area contributed by atoms with Crippen LogP contribution >= 0.6 is 0 Å². The zero-order valence-corrected chi connectivity index (χ0v) is 19.7. The van der Waals surface area contributed by atoms with E-state index in [2.05, 4.69) is 5.16 Å². The first-order valence-corrected chi connectivity index (χ1v) is 11.2. The van der Waals surface area contributed by atoms with Gasteiger partial charge in [0.1, 0.15) is 17.0 Å². The summed E-state index contributed by atoms with van der Waals surface area (Å²) in [4.78, 5) is 32.7. The van der Waals surface area contributed by atoms with Crippen LogP contribution in [0, 0.1) is 0 Å². The smallest absolute Gasteiger partial charge is 0.417 e. The molecule has 0 N–H and O–H groups in total. The van der Waals surface area contributed by atoms with Crippen LogP contribution in [0.2, 0.25) is 0 Å². The molecular weight excluding hydrogens is 420 g/mol. The molecule has 0 saturated carbocycles. The first kappa shape index (κ1) is 22.8. The van der Waals surface area contributed by atoms with Crippen LogP contribution < -0.4 is 4.74 Å². The number of imide groups is 1. The van der Waals surface area contributed by atoms with Crippen molar-refractivity contribution >= 4 is 17.7 Å². The van der Waals surface area contributed by atoms with Crippen molar-refractivity contribution in [1.29, 1.82) is 0 Å². The number of rotatable bonds is 5. The third-order valence-electron chi connectivity index (χ3n) is 5.73. The minimum Gasteiger partial charge on any atom is -0.488 e. The van der Waals surface area contributed by atoms with Gasteiger partial charge in [0.05, 0.1) is 11.8 Å². The van der Waals surface area contributed by atoms with E-state index in [9.17, 15) is 9.59 Å². The monoisotopic (exact) mass is 450 g/mol. The highest BCUT2D eigenvalue weighted by molar-refractivity contribution is 6.06. The number of cyclic esters (lactones) is 1. The van der Waals surface area contributed by atoms with Gasteiger partial charge >= 0.3 is 6.09 Å². The van der Waals surface area contributed by atoms with Crippen molar-refractivity contribution in [1.82, 2.24) is 4.90 Å². The second-order valence-corrected chi connectivity index (χ2v) is 9.96. The molecule has 0 spiro atoms. The van der Waals surface area contributed by atoms with Crippen LogP contribution in [0.15, 0.2) is 59.8 Å². The maximum Gasteiger partial charge on any atom is 0.417 e. The first-order chi connectivity index (χ1) is 15.5. The third kappa shape index (κ3) is 5.02. The van der Waals surface area contributed by atoms with Gasteiger partial charge in [-0.15, -0.1) is 0 Å². The molecule has 0 aliphatic carbocycles. The molecule has 2 aliphatic heterocycles. The van der Waals surface area contributed by atoms with Crippen LogP contribution in [0.5, 0.6) is 5.75 Å². The standard InChI is InChI=1S/C26H30N2O5/c1-25(2,3)31-19-13-11-18(12-14-19)20-16-21(33-27-20)23(29)28-22(26(4,5)32-24(28)30)15-17-9-7-6-8-10-17/h6-14,21-22H,15-16H2,1-5H3/t21-,22-/m0/s1. The maximum absolute atomic E-state index is 13.3. The molecule has 0 aromatic heterocycles. The third-order valence-corrected chi connectivity index (χ3v) is 5.73. The summed E-state index contributed by atoms with van der Waals surface area (Å²) in [6.45, 7) is 9.61. The van der Waals surface area contributed by atoms with E-state index in [1.165, 1.54) is 4.90 Å². The lowest BCUT2D eigenvalue weighted by atomic mass is 9.91. The molecule has 0 unspecified atom stereocenters. The van der Waals surface area contributed by atoms with E-state index in [0.29, 0.717) is 12.1 Å². The Morgan fingerprint density at radius 1 is 1.12 bits per heavy atom. The van der Waals surface area contributed by atoms with E-state index in [1.807, 2.05) is 89.2 Å². The maximum atomic E-state index is 13.3. The van der Waals surface area contributed by atoms with Crippen molar-refractivity contribution in [3.05, 3.63) is 65.7 Å². The number of hydrogen-bond donors (Lipinski definition) is 0. The summed E-state index contributed by atoms with van der Waals surface area (Å²) in [6.07, 6.45) is -0.737. The normalized spacial score (nSPS) is 21.9. The highest BCUT2D eigenvalue weighted by atomic mass is 16.6. The summed E-state index contributed by atoms with van der Waals surface area (Å²) in [7, 11) is 0. The molecule has 2 aromatic rings. The summed E-state index contributed by atoms with van der Waals surface area (Å²) in [6, 6.07) is 16.8. The predicted molar refractivity (Wildman–Crippen MR) is 124 cm³/mol. The number of benzene rings is 2. The predicted octanol–water partition coefficient (Wildman–Crippen LogP) is 4.73. The molecule has 2 aliphatic rings. The number of nitrogens with zero attached hydrogens (tertiary/aromatic N) is 2. The quantitative estimate of drug-likeness (QED) is 0.658. The number of carbonyl (C=O) groups excluding carboxylic acids is 2. The van der Waals surface area contributed by atoms with Crippen LogP contribution in [0.25, 0.3) is 0 Å². The van der Waals surface area contributed by atoms with Crippen LogP contribution in [0.4, 0.5) is 4.79 Å². The molecule has 4 rings (SSSR count). The van der Waals surface area contributed by atoms with Crippen LogP contribution in [-0.4, -0.2) is 46.0 Å². The van der Waals surface area contributed by atoms with Crippen LogP contribution in [0.1, 0.15) is 52.2 Å². The summed E-state index contributed by atoms with van der Waals surface area (Å²) >= 11 is 0. The molecule has 2 aromatic carbocycles. The number of amides is 2. The minimum atomic E-state index is -0.870. The molecule has 7 nitrogen and oxygen atoms in total. The fourth-order valence-corrected chi connectivity index (χ4v) is 4.10. The Balaban J connectivity index is 1.46. The second kappa shape index (κ2) is 8.54. The second-order valence-electron chi connectivity index (χ2n) is 9.96. The van der Waals surface area contributed by atoms with Gasteiger partial charge in [-0.05, 0) is 76.4 Å². The van der Waals surface area contributed by atoms with Gasteiger partial charge in [-0.3, -0.25) is 4.79 Å². The van der Waals surface area contributed by atoms with Gasteiger partial charge in [-0.25, -0.2) is 9.69 Å². The van der Waals surface area contributed by atoms with Crippen molar-refractivity contribution in [2.45, 2.75) is 70.8 Å². The number of carbonyl (C=O) groups is 2. The fraction of sp³-hybridized carbons (Fsp3) is 0.423. The molecule has 7 heteroatoms. The van der Waals surface area contributed by atoms with Gasteiger partial charge in [-0.1, -0.05) is 35.5 Å². The summed E-state index contributed by atoms with van der Waals surface area (Å²) in [5, 5.41) is 4.13. The van der Waals surface area contributed by atoms with E-state index in [4.69, 9.17) is 14.3 Å². The lowest BCUT2D eigenvalue weighted by Crippen LogP contribution is -2.49. The zero-order chi connectivity index (χ0) is 23.8. The van der Waals surface area contributed by atoms with Gasteiger partial charge in [0.15, 0.2) is 0 Å². The molecule has 2 amide bonds. The lowest BCUT2D eigenvalue weighted by molar-refractivity contribution is -0.140. The van der Waals surface area contributed by atoms with Crippen molar-refractivity contribution in [2.24, 2.45) is 5.16 Å². The average molecular weight is 451 g/mol. The SMILES string of the molecule is CC(C)(C)Oc1ccc(C2=NO[C@H](C(=O)N3C(=O)OC(C)(C)[C@@H]3Cc3ccccc3)C2)cc1. The molecule has 1 saturated heterocycles. The van der Waals surface area contributed by atoms with Crippen molar-refractivity contribution < 1.29 is 23.9 Å². The molecule has 0 bridgehead atoms. The molecule has 2 atom stereocenters. The Labute approximate surface area is 194 Å². The van der Waals surface area contributed by atoms with Gasteiger partial charge in [0.2, 0.25) is 6.10 Å². The Kier molecular flexibility index (Phi) is 5.91. The minimum absolute atomic E-state index is 0.278. The van der Waals surface area contributed by atoms with Gasteiger partial charge in [-0.2, -0.15) is 0 Å². The van der Waals surface area contributed by atoms with Crippen molar-refractivity contribution in [2.75, 3.05) is 0 Å². The van der Waals surface area contributed by atoms with Crippen LogP contribution in [-0.2, 0) is 20.8 Å². The van der Waals surface area contributed by atoms with Gasteiger partial charge < -0.3 is 14.3 Å². The van der Waals surface area contributed by atoms with Crippen molar-refractivity contribution in [3.8, 4) is 5.75 Å². The average Bonchev–Trinajstić information content (AvgIpc) is 3.31. The summed E-state index contributed by atoms with van der Waals surface area (Å²) < 4.78 is 11.4. The van der Waals surface area contributed by atoms with Gasteiger partial charge in [0.25, 0.3) is 5.91 Å². The lowest BCUT2D eigenvalue weighted by Gasteiger charge is -2.28. The summed E-state index contributed by atoms with van der Waals surface area (Å²) in [5.41, 5.74) is 1.42. The Morgan fingerprint density at radius 2 is 1.79 bits per heavy atom. The number of ether oxygens (including phenoxy) is 2. The Bertz CT molecular complexity index is 1050. The van der Waals surface area contributed by atoms with E-state index in [0.717, 1.165) is 16.9 Å². The Hall–Kier alpha value is -3.35. The highest BCUT2D eigenvalue weighted by Crippen LogP contribution is 2.34. The van der Waals surface area contributed by atoms with Crippen LogP contribution in [0.3, 0.4) is 0 Å². The summed E-state index contributed by atoms with van der Waals surface area (Å²) in [5.74, 6) is 0.321. The zero-order valence-electron chi connectivity index (χ0n) is 19.7. The van der Waals surface area contributed by atoms with E-state index in [-0.39, 0.29) is 12.0 Å². The Morgan fingerprint density at radius 3 is 2.42 bits per heavy atom. The number of hydrogen-bond acceptors (Lipinski definition) is 6. The van der Waals surface area contributed by atoms with E-state index in [1.54, 1.807) is 0 Å². The molecule has 33 heavy (non-hydrogen) atoms. The van der Waals surface area contributed by atoms with E-state index >= 15 is 0 Å². The largest absolute Gasteiger partial charge is 0.488 e. The fourth-order valence-electron chi connectivity index (χ4n) is 4.10. The first-order valence-electron chi connectivity index (χ1n) is 11.2. The molecule has 0 radical (unpaired) electrons. The van der Waals surface area contributed by atoms with Gasteiger partial charge in [0, 0.05) is 6.42 Å². The van der Waals surface area contributed by atoms with Crippen molar-refractivity contribution in [3.63, 3.8) is 0 Å². The molecule has 2 heterocycles. The van der Waals surface area contributed by atoms with E-state index < -0.39 is 29.7 Å². The molecule has 174 valence electrons. The topological polar surface area (TPSA) is 77.4 Å². The molecular formula is C26H30N2O5. The highest BCUT2D eigenvalue weighted by Gasteiger charge is 2.52. The number of oxime groups is 1.